The van der Waals surface area contributed by atoms with Crippen molar-refractivity contribution in [2.45, 2.75) is 32.6 Å². The van der Waals surface area contributed by atoms with Gasteiger partial charge in [0.2, 0.25) is 5.91 Å². The van der Waals surface area contributed by atoms with Crippen molar-refractivity contribution >= 4 is 45.7 Å². The lowest BCUT2D eigenvalue weighted by Crippen LogP contribution is -2.40. The minimum Gasteiger partial charge on any atom is -0.370 e. The van der Waals surface area contributed by atoms with Crippen LogP contribution in [0.4, 0.5) is 5.00 Å². The van der Waals surface area contributed by atoms with Crippen molar-refractivity contribution in [3.8, 4) is 0 Å². The molecule has 0 radical (unpaired) electrons. The summed E-state index contributed by atoms with van der Waals surface area (Å²) in [7, 11) is 0. The molecule has 0 bridgehead atoms. The molecule has 1 saturated heterocycles. The van der Waals surface area contributed by atoms with Crippen molar-refractivity contribution < 1.29 is 14.4 Å². The number of nitrogens with zero attached hydrogens (tertiary/aromatic N) is 1. The van der Waals surface area contributed by atoms with Gasteiger partial charge in [0.1, 0.15) is 0 Å². The van der Waals surface area contributed by atoms with E-state index in [0.717, 1.165) is 18.4 Å². The van der Waals surface area contributed by atoms with E-state index in [0.29, 0.717) is 52.3 Å². The summed E-state index contributed by atoms with van der Waals surface area (Å²) in [4.78, 5) is 39.0. The maximum Gasteiger partial charge on any atom is 0.264 e. The molecule has 0 aliphatic carbocycles. The predicted molar refractivity (Wildman–Crippen MR) is 116 cm³/mol. The van der Waals surface area contributed by atoms with Gasteiger partial charge in [0.05, 0.1) is 20.5 Å². The summed E-state index contributed by atoms with van der Waals surface area (Å²) in [5.41, 5.74) is 6.47. The minimum atomic E-state index is -0.305. The second kappa shape index (κ2) is 9.41. The lowest BCUT2D eigenvalue weighted by atomic mass is 9.93. The van der Waals surface area contributed by atoms with Gasteiger partial charge in [-0.15, -0.1) is 11.3 Å². The van der Waals surface area contributed by atoms with Crippen molar-refractivity contribution in [3.05, 3.63) is 51.4 Å². The summed E-state index contributed by atoms with van der Waals surface area (Å²) in [6.07, 6.45) is 2.97. The Morgan fingerprint density at radius 3 is 2.79 bits per heavy atom. The number of likely N-dealkylation sites (tertiary alicyclic amines) is 1. The highest BCUT2D eigenvalue weighted by molar-refractivity contribution is 7.18. The zero-order valence-corrected chi connectivity index (χ0v) is 17.8. The van der Waals surface area contributed by atoms with Crippen LogP contribution in [0.1, 0.15) is 51.3 Å². The average Bonchev–Trinajstić information content (AvgIpc) is 3.06. The molecule has 6 nitrogen and oxygen atoms in total. The van der Waals surface area contributed by atoms with Crippen molar-refractivity contribution in [1.29, 1.82) is 0 Å². The van der Waals surface area contributed by atoms with Gasteiger partial charge in [0, 0.05) is 19.5 Å². The summed E-state index contributed by atoms with van der Waals surface area (Å²) in [6.45, 7) is 3.19. The highest BCUT2D eigenvalue weighted by Gasteiger charge is 2.27. The maximum absolute atomic E-state index is 13.0. The third-order valence-corrected chi connectivity index (χ3v) is 6.54. The molecule has 2 aromatic rings. The van der Waals surface area contributed by atoms with Gasteiger partial charge in [-0.2, -0.15) is 0 Å². The van der Waals surface area contributed by atoms with Gasteiger partial charge in [-0.25, -0.2) is 0 Å². The molecule has 3 rings (SSSR count). The van der Waals surface area contributed by atoms with Crippen LogP contribution in [0, 0.1) is 12.8 Å². The fourth-order valence-corrected chi connectivity index (χ4v) is 4.81. The largest absolute Gasteiger partial charge is 0.370 e. The lowest BCUT2D eigenvalue weighted by molar-refractivity contribution is -0.118. The SMILES string of the molecule is Cc1cc(NC(=O)c2ccccc2Cl)sc1C(=O)N1CCCC(CCC(N)=O)C1. The van der Waals surface area contributed by atoms with E-state index >= 15 is 0 Å². The summed E-state index contributed by atoms with van der Waals surface area (Å²) in [5.74, 6) is -0.351. The molecular formula is C21H24ClN3O3S. The molecule has 8 heteroatoms. The number of piperidine rings is 1. The van der Waals surface area contributed by atoms with E-state index in [1.54, 1.807) is 30.3 Å². The summed E-state index contributed by atoms with van der Waals surface area (Å²) in [6, 6.07) is 8.64. The molecule has 29 heavy (non-hydrogen) atoms. The molecule has 154 valence electrons. The standard InChI is InChI=1S/C21H24ClN3O3S/c1-13-11-18(24-20(27)15-6-2-3-7-16(15)22)29-19(13)21(28)25-10-4-5-14(12-25)8-9-17(23)26/h2-3,6-7,11,14H,4-5,8-10,12H2,1H3,(H2,23,26)(H,24,27). The minimum absolute atomic E-state index is 0.0329. The van der Waals surface area contributed by atoms with E-state index in [4.69, 9.17) is 17.3 Å². The third kappa shape index (κ3) is 5.36. The fraction of sp³-hybridized carbons (Fsp3) is 0.381. The first-order valence-corrected chi connectivity index (χ1v) is 10.8. The van der Waals surface area contributed by atoms with Crippen molar-refractivity contribution in [2.75, 3.05) is 18.4 Å². The molecule has 0 spiro atoms. The van der Waals surface area contributed by atoms with Crippen LogP contribution in [0.3, 0.4) is 0 Å². The molecule has 3 amide bonds. The van der Waals surface area contributed by atoms with E-state index in [1.165, 1.54) is 11.3 Å². The van der Waals surface area contributed by atoms with Crippen LogP contribution in [-0.4, -0.2) is 35.7 Å². The number of primary amides is 1. The average molecular weight is 434 g/mol. The van der Waals surface area contributed by atoms with Gasteiger partial charge < -0.3 is 16.0 Å². The number of carbonyl (C=O) groups excluding carboxylic acids is 3. The molecule has 3 N–H and O–H groups in total. The second-order valence-corrected chi connectivity index (χ2v) is 8.78. The Labute approximate surface area is 179 Å². The number of rotatable bonds is 6. The number of hydrogen-bond acceptors (Lipinski definition) is 4. The zero-order valence-electron chi connectivity index (χ0n) is 16.2. The van der Waals surface area contributed by atoms with E-state index in [1.807, 2.05) is 11.8 Å². The Kier molecular flexibility index (Phi) is 6.92. The predicted octanol–water partition coefficient (Wildman–Crippen LogP) is 4.08. The van der Waals surface area contributed by atoms with Crippen molar-refractivity contribution in [1.82, 2.24) is 4.90 Å². The normalized spacial score (nSPS) is 16.5. The highest BCUT2D eigenvalue weighted by atomic mass is 35.5. The topological polar surface area (TPSA) is 92.5 Å². The van der Waals surface area contributed by atoms with E-state index < -0.39 is 0 Å². The molecule has 1 atom stereocenters. The van der Waals surface area contributed by atoms with Crippen LogP contribution < -0.4 is 11.1 Å². The zero-order chi connectivity index (χ0) is 21.0. The van der Waals surface area contributed by atoms with Crippen LogP contribution in [-0.2, 0) is 4.79 Å². The van der Waals surface area contributed by atoms with E-state index in [9.17, 15) is 14.4 Å². The number of aryl methyl sites for hydroxylation is 1. The quantitative estimate of drug-likeness (QED) is 0.718. The number of anilines is 1. The number of thiophene rings is 1. The van der Waals surface area contributed by atoms with Crippen molar-refractivity contribution in [2.24, 2.45) is 11.7 Å². The van der Waals surface area contributed by atoms with Gasteiger partial charge in [-0.3, -0.25) is 14.4 Å². The number of hydrogen-bond donors (Lipinski definition) is 2. The number of amides is 3. The van der Waals surface area contributed by atoms with E-state index in [-0.39, 0.29) is 17.7 Å². The summed E-state index contributed by atoms with van der Waals surface area (Å²) >= 11 is 7.35. The maximum atomic E-state index is 13.0. The molecule has 1 aromatic heterocycles. The van der Waals surface area contributed by atoms with Crippen LogP contribution in [0.2, 0.25) is 5.02 Å². The van der Waals surface area contributed by atoms with Gasteiger partial charge >= 0.3 is 0 Å². The molecular weight excluding hydrogens is 410 g/mol. The fourth-order valence-electron chi connectivity index (χ4n) is 3.56. The Morgan fingerprint density at radius 1 is 1.31 bits per heavy atom. The molecule has 2 heterocycles. The molecule has 1 unspecified atom stereocenters. The highest BCUT2D eigenvalue weighted by Crippen LogP contribution is 2.31. The molecule has 0 saturated carbocycles. The van der Waals surface area contributed by atoms with E-state index in [2.05, 4.69) is 5.32 Å². The van der Waals surface area contributed by atoms with Gasteiger partial charge in [-0.1, -0.05) is 23.7 Å². The number of halogens is 1. The van der Waals surface area contributed by atoms with Gasteiger partial charge in [0.25, 0.3) is 11.8 Å². The Bertz CT molecular complexity index is 928. The summed E-state index contributed by atoms with van der Waals surface area (Å²) < 4.78 is 0. The van der Waals surface area contributed by atoms with Crippen molar-refractivity contribution in [3.63, 3.8) is 0 Å². The molecule has 1 aromatic carbocycles. The molecule has 1 aliphatic heterocycles. The van der Waals surface area contributed by atoms with Crippen LogP contribution in [0.5, 0.6) is 0 Å². The number of carbonyl (C=O) groups is 3. The third-order valence-electron chi connectivity index (χ3n) is 5.07. The van der Waals surface area contributed by atoms with Gasteiger partial charge in [0.15, 0.2) is 0 Å². The molecule has 1 fully saturated rings. The van der Waals surface area contributed by atoms with Crippen LogP contribution in [0.25, 0.3) is 0 Å². The first-order valence-electron chi connectivity index (χ1n) is 9.59. The van der Waals surface area contributed by atoms with Crippen LogP contribution in [0.15, 0.2) is 30.3 Å². The first-order chi connectivity index (χ1) is 13.8. The summed E-state index contributed by atoms with van der Waals surface area (Å²) in [5, 5.41) is 3.82. The number of nitrogens with two attached hydrogens (primary N) is 1. The molecule has 1 aliphatic rings. The number of nitrogens with one attached hydrogen (secondary N) is 1. The second-order valence-electron chi connectivity index (χ2n) is 7.32. The first kappa shape index (κ1) is 21.3. The number of benzene rings is 1. The Hall–Kier alpha value is -2.38. The monoisotopic (exact) mass is 433 g/mol. The Morgan fingerprint density at radius 2 is 2.07 bits per heavy atom. The van der Waals surface area contributed by atoms with Crippen LogP contribution >= 0.6 is 22.9 Å². The smallest absolute Gasteiger partial charge is 0.264 e. The Balaban J connectivity index is 1.67. The van der Waals surface area contributed by atoms with Gasteiger partial charge in [-0.05, 0) is 55.9 Å². The lowest BCUT2D eigenvalue weighted by Gasteiger charge is -2.32.